The SMILES string of the molecule is CNC(=O)c1ccc(NC(=O)CN2C(=O)NC(C)(c3ccc(Cl)c(Cl)c3)C2=O)cc1. The van der Waals surface area contributed by atoms with Crippen LogP contribution >= 0.6 is 23.2 Å². The lowest BCUT2D eigenvalue weighted by Gasteiger charge is -2.22. The molecule has 1 aliphatic rings. The third kappa shape index (κ3) is 4.10. The van der Waals surface area contributed by atoms with Gasteiger partial charge in [0.1, 0.15) is 12.1 Å². The van der Waals surface area contributed by atoms with Gasteiger partial charge in [-0.05, 0) is 48.9 Å². The van der Waals surface area contributed by atoms with Gasteiger partial charge in [-0.2, -0.15) is 0 Å². The van der Waals surface area contributed by atoms with Gasteiger partial charge in [0.2, 0.25) is 5.91 Å². The molecule has 1 unspecified atom stereocenters. The highest BCUT2D eigenvalue weighted by molar-refractivity contribution is 6.42. The summed E-state index contributed by atoms with van der Waals surface area (Å²) in [6.07, 6.45) is 0. The smallest absolute Gasteiger partial charge is 0.325 e. The molecule has 0 aromatic heterocycles. The van der Waals surface area contributed by atoms with Crippen LogP contribution in [0.1, 0.15) is 22.8 Å². The van der Waals surface area contributed by atoms with Gasteiger partial charge < -0.3 is 16.0 Å². The molecule has 156 valence electrons. The van der Waals surface area contributed by atoms with Crippen molar-refractivity contribution in [1.29, 1.82) is 0 Å². The van der Waals surface area contributed by atoms with E-state index in [9.17, 15) is 19.2 Å². The first-order chi connectivity index (χ1) is 14.2. The fourth-order valence-electron chi connectivity index (χ4n) is 3.04. The molecule has 3 N–H and O–H groups in total. The van der Waals surface area contributed by atoms with E-state index < -0.39 is 29.9 Å². The second-order valence-electron chi connectivity index (χ2n) is 6.78. The summed E-state index contributed by atoms with van der Waals surface area (Å²) < 4.78 is 0. The summed E-state index contributed by atoms with van der Waals surface area (Å²) >= 11 is 11.9. The molecule has 5 amide bonds. The lowest BCUT2D eigenvalue weighted by molar-refractivity contribution is -0.133. The second kappa shape index (κ2) is 8.33. The summed E-state index contributed by atoms with van der Waals surface area (Å²) in [7, 11) is 1.52. The molecule has 8 nitrogen and oxygen atoms in total. The zero-order valence-corrected chi connectivity index (χ0v) is 17.6. The molecule has 0 radical (unpaired) electrons. The maximum Gasteiger partial charge on any atom is 0.325 e. The van der Waals surface area contributed by atoms with E-state index >= 15 is 0 Å². The van der Waals surface area contributed by atoms with Gasteiger partial charge in [-0.3, -0.25) is 19.3 Å². The normalized spacial score (nSPS) is 18.2. The van der Waals surface area contributed by atoms with Crippen LogP contribution in [-0.2, 0) is 15.1 Å². The predicted octanol–water partition coefficient (Wildman–Crippen LogP) is 2.76. The highest BCUT2D eigenvalue weighted by atomic mass is 35.5. The van der Waals surface area contributed by atoms with Crippen LogP contribution in [0, 0.1) is 0 Å². The first kappa shape index (κ1) is 21.6. The van der Waals surface area contributed by atoms with E-state index in [1.807, 2.05) is 0 Å². The molecule has 1 atom stereocenters. The molecule has 1 aliphatic heterocycles. The Kier molecular flexibility index (Phi) is 6.00. The summed E-state index contributed by atoms with van der Waals surface area (Å²) in [5, 5.41) is 8.25. The van der Waals surface area contributed by atoms with Gasteiger partial charge >= 0.3 is 6.03 Å². The van der Waals surface area contributed by atoms with Gasteiger partial charge in [-0.1, -0.05) is 29.3 Å². The average molecular weight is 449 g/mol. The fourth-order valence-corrected chi connectivity index (χ4v) is 3.33. The van der Waals surface area contributed by atoms with E-state index in [1.165, 1.54) is 26.1 Å². The summed E-state index contributed by atoms with van der Waals surface area (Å²) in [5.41, 5.74) is -0.0716. The van der Waals surface area contributed by atoms with Crippen molar-refractivity contribution in [2.45, 2.75) is 12.5 Å². The standard InChI is InChI=1S/C20H18Cl2N4O4/c1-20(12-5-8-14(21)15(22)9-12)18(29)26(19(30)25-20)10-16(27)24-13-6-3-11(4-7-13)17(28)23-2/h3-9H,10H2,1-2H3,(H,23,28)(H,24,27)(H,25,30). The number of hydrogen-bond donors (Lipinski definition) is 3. The Balaban J connectivity index is 1.71. The average Bonchev–Trinajstić information content (AvgIpc) is 2.94. The maximum absolute atomic E-state index is 12.9. The molecule has 1 heterocycles. The van der Waals surface area contributed by atoms with Crippen LogP contribution in [0.2, 0.25) is 10.0 Å². The predicted molar refractivity (Wildman–Crippen MR) is 113 cm³/mol. The Morgan fingerprint density at radius 2 is 1.73 bits per heavy atom. The fraction of sp³-hybridized carbons (Fsp3) is 0.200. The van der Waals surface area contributed by atoms with E-state index in [-0.39, 0.29) is 10.9 Å². The quantitative estimate of drug-likeness (QED) is 0.611. The number of nitrogens with one attached hydrogen (secondary N) is 3. The van der Waals surface area contributed by atoms with E-state index in [4.69, 9.17) is 23.2 Å². The van der Waals surface area contributed by atoms with Crippen LogP contribution in [-0.4, -0.2) is 42.2 Å². The molecule has 2 aromatic rings. The van der Waals surface area contributed by atoms with Crippen molar-refractivity contribution in [2.24, 2.45) is 0 Å². The van der Waals surface area contributed by atoms with Gasteiger partial charge in [-0.25, -0.2) is 4.79 Å². The number of anilines is 1. The van der Waals surface area contributed by atoms with Crippen LogP contribution in [0.3, 0.4) is 0 Å². The van der Waals surface area contributed by atoms with Crippen LogP contribution in [0.5, 0.6) is 0 Å². The zero-order valence-electron chi connectivity index (χ0n) is 16.1. The summed E-state index contributed by atoms with van der Waals surface area (Å²) in [5.74, 6) is -1.41. The molecule has 2 aromatic carbocycles. The first-order valence-corrected chi connectivity index (χ1v) is 9.63. The van der Waals surface area contributed by atoms with Crippen LogP contribution in [0.15, 0.2) is 42.5 Å². The van der Waals surface area contributed by atoms with Crippen LogP contribution < -0.4 is 16.0 Å². The largest absolute Gasteiger partial charge is 0.355 e. The van der Waals surface area contributed by atoms with E-state index in [2.05, 4.69) is 16.0 Å². The lowest BCUT2D eigenvalue weighted by atomic mass is 9.92. The molecule has 0 spiro atoms. The van der Waals surface area contributed by atoms with Crippen molar-refractivity contribution >= 4 is 52.6 Å². The molecule has 0 aliphatic carbocycles. The molecule has 30 heavy (non-hydrogen) atoms. The molecular formula is C20H18Cl2N4O4. The molecule has 3 rings (SSSR count). The van der Waals surface area contributed by atoms with E-state index in [1.54, 1.807) is 30.3 Å². The Hall–Kier alpha value is -3.10. The van der Waals surface area contributed by atoms with E-state index in [0.29, 0.717) is 21.8 Å². The topological polar surface area (TPSA) is 108 Å². The van der Waals surface area contributed by atoms with Crippen molar-refractivity contribution in [3.63, 3.8) is 0 Å². The number of halogens is 2. The molecule has 1 saturated heterocycles. The molecule has 1 fully saturated rings. The van der Waals surface area contributed by atoms with Crippen LogP contribution in [0.25, 0.3) is 0 Å². The second-order valence-corrected chi connectivity index (χ2v) is 7.59. The lowest BCUT2D eigenvalue weighted by Crippen LogP contribution is -2.42. The summed E-state index contributed by atoms with van der Waals surface area (Å²) in [6, 6.07) is 10.1. The molecule has 0 saturated carbocycles. The van der Waals surface area contributed by atoms with Crippen LogP contribution in [0.4, 0.5) is 10.5 Å². The number of amides is 5. The highest BCUT2D eigenvalue weighted by Gasteiger charge is 2.49. The van der Waals surface area contributed by atoms with Crippen molar-refractivity contribution in [1.82, 2.24) is 15.5 Å². The minimum absolute atomic E-state index is 0.244. The Bertz CT molecular complexity index is 1040. The number of carbonyl (C=O) groups is 4. The summed E-state index contributed by atoms with van der Waals surface area (Å²) in [4.78, 5) is 50.1. The number of nitrogens with zero attached hydrogens (tertiary/aromatic N) is 1. The van der Waals surface area contributed by atoms with Crippen molar-refractivity contribution in [2.75, 3.05) is 18.9 Å². The van der Waals surface area contributed by atoms with Gasteiger partial charge in [0.15, 0.2) is 0 Å². The molecule has 0 bridgehead atoms. The third-order valence-electron chi connectivity index (χ3n) is 4.73. The molecule has 10 heteroatoms. The monoisotopic (exact) mass is 448 g/mol. The molecular weight excluding hydrogens is 431 g/mol. The first-order valence-electron chi connectivity index (χ1n) is 8.87. The Morgan fingerprint density at radius 3 is 2.33 bits per heavy atom. The number of benzene rings is 2. The van der Waals surface area contributed by atoms with Crippen molar-refractivity contribution in [3.05, 3.63) is 63.6 Å². The summed E-state index contributed by atoms with van der Waals surface area (Å²) in [6.45, 7) is 1.06. The Labute approximate surface area is 182 Å². The van der Waals surface area contributed by atoms with Gasteiger partial charge in [0.05, 0.1) is 10.0 Å². The van der Waals surface area contributed by atoms with Gasteiger partial charge in [0, 0.05) is 18.3 Å². The number of urea groups is 1. The third-order valence-corrected chi connectivity index (χ3v) is 5.47. The number of hydrogen-bond acceptors (Lipinski definition) is 4. The number of imide groups is 1. The minimum atomic E-state index is -1.37. The maximum atomic E-state index is 12.9. The van der Waals surface area contributed by atoms with Crippen molar-refractivity contribution < 1.29 is 19.2 Å². The van der Waals surface area contributed by atoms with Gasteiger partial charge in [-0.15, -0.1) is 0 Å². The highest BCUT2D eigenvalue weighted by Crippen LogP contribution is 2.33. The number of rotatable bonds is 5. The zero-order chi connectivity index (χ0) is 22.1. The number of carbonyl (C=O) groups excluding carboxylic acids is 4. The van der Waals surface area contributed by atoms with E-state index in [0.717, 1.165) is 4.90 Å². The minimum Gasteiger partial charge on any atom is -0.355 e. The Morgan fingerprint density at radius 1 is 1.07 bits per heavy atom. The van der Waals surface area contributed by atoms with Gasteiger partial charge in [0.25, 0.3) is 11.8 Å². The van der Waals surface area contributed by atoms with Crippen molar-refractivity contribution in [3.8, 4) is 0 Å².